The van der Waals surface area contributed by atoms with Gasteiger partial charge in [-0.05, 0) is 49.6 Å². The summed E-state index contributed by atoms with van der Waals surface area (Å²) in [5, 5.41) is 8.73. The molecule has 1 unspecified atom stereocenters. The molecule has 2 heterocycles. The molecule has 9 heteroatoms. The molecule has 2 aliphatic rings. The highest BCUT2D eigenvalue weighted by Crippen LogP contribution is 2.34. The topological polar surface area (TPSA) is 109 Å². The first-order chi connectivity index (χ1) is 16.9. The lowest BCUT2D eigenvalue weighted by Gasteiger charge is -2.32. The van der Waals surface area contributed by atoms with Gasteiger partial charge < -0.3 is 25.4 Å². The minimum atomic E-state index is -0.335. The van der Waals surface area contributed by atoms with Crippen molar-refractivity contribution in [1.82, 2.24) is 10.2 Å². The summed E-state index contributed by atoms with van der Waals surface area (Å²) in [6, 6.07) is 12.1. The second kappa shape index (κ2) is 11.2. The van der Waals surface area contributed by atoms with Gasteiger partial charge in [-0.2, -0.15) is 0 Å². The molecule has 2 aromatic rings. The molecule has 0 aliphatic carbocycles. The van der Waals surface area contributed by atoms with E-state index in [1.165, 1.54) is 0 Å². The summed E-state index contributed by atoms with van der Waals surface area (Å²) in [5.74, 6) is 1.03. The maximum atomic E-state index is 12.9. The van der Waals surface area contributed by atoms with E-state index >= 15 is 0 Å². The normalized spacial score (nSPS) is 17.2. The first-order valence-corrected chi connectivity index (χ1v) is 12.0. The SMILES string of the molecule is CC(C)C(=O)NCC1CCCN(CC(=O)Nc2ccccc2C(=O)Nc2ccc3c(c2)OCO3)C1. The van der Waals surface area contributed by atoms with E-state index in [9.17, 15) is 14.4 Å². The van der Waals surface area contributed by atoms with Gasteiger partial charge in [0, 0.05) is 30.8 Å². The van der Waals surface area contributed by atoms with Crippen LogP contribution >= 0.6 is 0 Å². The number of likely N-dealkylation sites (tertiary alicyclic amines) is 1. The number of nitrogens with one attached hydrogen (secondary N) is 3. The Bertz CT molecular complexity index is 1090. The summed E-state index contributed by atoms with van der Waals surface area (Å²) in [6.07, 6.45) is 2.00. The monoisotopic (exact) mass is 480 g/mol. The van der Waals surface area contributed by atoms with Crippen LogP contribution in [0.4, 0.5) is 11.4 Å². The number of piperidine rings is 1. The molecule has 0 aromatic heterocycles. The molecule has 1 saturated heterocycles. The van der Waals surface area contributed by atoms with Crippen molar-refractivity contribution in [3.8, 4) is 11.5 Å². The fourth-order valence-electron chi connectivity index (χ4n) is 4.27. The summed E-state index contributed by atoms with van der Waals surface area (Å²) < 4.78 is 10.7. The van der Waals surface area contributed by atoms with Crippen molar-refractivity contribution in [1.29, 1.82) is 0 Å². The van der Waals surface area contributed by atoms with Crippen molar-refractivity contribution < 1.29 is 23.9 Å². The van der Waals surface area contributed by atoms with Crippen LogP contribution in [0.25, 0.3) is 0 Å². The molecule has 2 aliphatic heterocycles. The third-order valence-corrected chi connectivity index (χ3v) is 6.14. The lowest BCUT2D eigenvalue weighted by molar-refractivity contribution is -0.124. The van der Waals surface area contributed by atoms with Crippen LogP contribution in [-0.2, 0) is 9.59 Å². The zero-order valence-electron chi connectivity index (χ0n) is 20.1. The van der Waals surface area contributed by atoms with Crippen molar-refractivity contribution in [2.45, 2.75) is 26.7 Å². The summed E-state index contributed by atoms with van der Waals surface area (Å²) in [5.41, 5.74) is 1.39. The Morgan fingerprint density at radius 2 is 1.86 bits per heavy atom. The van der Waals surface area contributed by atoms with Gasteiger partial charge >= 0.3 is 0 Å². The van der Waals surface area contributed by atoms with Crippen LogP contribution in [0.15, 0.2) is 42.5 Å². The molecule has 0 bridgehead atoms. The predicted molar refractivity (Wildman–Crippen MR) is 133 cm³/mol. The first kappa shape index (κ1) is 24.5. The van der Waals surface area contributed by atoms with E-state index in [0.29, 0.717) is 40.9 Å². The molecule has 0 spiro atoms. The highest BCUT2D eigenvalue weighted by Gasteiger charge is 2.23. The second-order valence-corrected chi connectivity index (χ2v) is 9.26. The average Bonchev–Trinajstić information content (AvgIpc) is 3.31. The molecule has 2 aromatic carbocycles. The van der Waals surface area contributed by atoms with Gasteiger partial charge in [0.1, 0.15) is 0 Å². The van der Waals surface area contributed by atoms with Crippen LogP contribution < -0.4 is 25.4 Å². The number of ether oxygens (including phenoxy) is 2. The maximum absolute atomic E-state index is 12.9. The minimum absolute atomic E-state index is 0.0391. The molecule has 186 valence electrons. The molecule has 9 nitrogen and oxygen atoms in total. The zero-order valence-corrected chi connectivity index (χ0v) is 20.1. The molecular formula is C26H32N4O5. The zero-order chi connectivity index (χ0) is 24.8. The first-order valence-electron chi connectivity index (χ1n) is 12.0. The van der Waals surface area contributed by atoms with Crippen LogP contribution in [0.3, 0.4) is 0 Å². The number of hydrogen-bond donors (Lipinski definition) is 3. The Labute approximate surface area is 205 Å². The van der Waals surface area contributed by atoms with E-state index in [2.05, 4.69) is 20.9 Å². The van der Waals surface area contributed by atoms with Crippen molar-refractivity contribution in [2.75, 3.05) is 43.6 Å². The number of fused-ring (bicyclic) bond motifs is 1. The van der Waals surface area contributed by atoms with Crippen LogP contribution in [0.1, 0.15) is 37.0 Å². The Morgan fingerprint density at radius 3 is 2.69 bits per heavy atom. The lowest BCUT2D eigenvalue weighted by atomic mass is 9.97. The van der Waals surface area contributed by atoms with Gasteiger partial charge in [-0.25, -0.2) is 0 Å². The van der Waals surface area contributed by atoms with E-state index in [4.69, 9.17) is 9.47 Å². The van der Waals surface area contributed by atoms with Gasteiger partial charge in [-0.1, -0.05) is 26.0 Å². The Kier molecular flexibility index (Phi) is 7.87. The lowest BCUT2D eigenvalue weighted by Crippen LogP contribution is -2.44. The van der Waals surface area contributed by atoms with Gasteiger partial charge in [0.25, 0.3) is 5.91 Å². The number of nitrogens with zero attached hydrogens (tertiary/aromatic N) is 1. The van der Waals surface area contributed by atoms with E-state index in [1.807, 2.05) is 13.8 Å². The third kappa shape index (κ3) is 6.51. The summed E-state index contributed by atoms with van der Waals surface area (Å²) in [4.78, 5) is 39.7. The van der Waals surface area contributed by atoms with E-state index in [1.54, 1.807) is 42.5 Å². The largest absolute Gasteiger partial charge is 0.454 e. The van der Waals surface area contributed by atoms with Crippen molar-refractivity contribution in [3.05, 3.63) is 48.0 Å². The van der Waals surface area contributed by atoms with Crippen LogP contribution in [0.5, 0.6) is 11.5 Å². The van der Waals surface area contributed by atoms with E-state index in [-0.39, 0.29) is 37.0 Å². The number of para-hydroxylation sites is 1. The van der Waals surface area contributed by atoms with E-state index < -0.39 is 0 Å². The van der Waals surface area contributed by atoms with Gasteiger partial charge in [-0.3, -0.25) is 19.3 Å². The molecule has 0 radical (unpaired) electrons. The number of hydrogen-bond acceptors (Lipinski definition) is 6. The molecule has 1 fully saturated rings. The minimum Gasteiger partial charge on any atom is -0.454 e. The number of anilines is 2. The van der Waals surface area contributed by atoms with Crippen LogP contribution in [-0.4, -0.2) is 55.6 Å². The molecule has 4 rings (SSSR count). The average molecular weight is 481 g/mol. The van der Waals surface area contributed by atoms with Gasteiger partial charge in [-0.15, -0.1) is 0 Å². The Balaban J connectivity index is 1.32. The van der Waals surface area contributed by atoms with Gasteiger partial charge in [0.15, 0.2) is 11.5 Å². The van der Waals surface area contributed by atoms with Crippen molar-refractivity contribution >= 4 is 29.1 Å². The molecule has 0 saturated carbocycles. The van der Waals surface area contributed by atoms with Gasteiger partial charge in [0.05, 0.1) is 17.8 Å². The maximum Gasteiger partial charge on any atom is 0.257 e. The molecule has 35 heavy (non-hydrogen) atoms. The number of rotatable bonds is 8. The molecular weight excluding hydrogens is 448 g/mol. The third-order valence-electron chi connectivity index (χ3n) is 6.14. The smallest absolute Gasteiger partial charge is 0.257 e. The standard InChI is InChI=1S/C26H32N4O5/c1-17(2)25(32)27-13-18-6-5-11-30(14-18)15-24(31)29-21-8-4-3-7-20(21)26(33)28-19-9-10-22-23(12-19)35-16-34-22/h3-4,7-10,12,17-18H,5-6,11,13-16H2,1-2H3,(H,27,32)(H,28,33)(H,29,31). The Morgan fingerprint density at radius 1 is 1.06 bits per heavy atom. The molecule has 3 N–H and O–H groups in total. The fraction of sp³-hybridized carbons (Fsp3) is 0.423. The number of carbonyl (C=O) groups excluding carboxylic acids is 3. The fourth-order valence-corrected chi connectivity index (χ4v) is 4.27. The number of benzene rings is 2. The second-order valence-electron chi connectivity index (χ2n) is 9.26. The quantitative estimate of drug-likeness (QED) is 0.536. The highest BCUT2D eigenvalue weighted by atomic mass is 16.7. The summed E-state index contributed by atoms with van der Waals surface area (Å²) in [7, 11) is 0. The molecule has 1 atom stereocenters. The van der Waals surface area contributed by atoms with Gasteiger partial charge in [0.2, 0.25) is 18.6 Å². The van der Waals surface area contributed by atoms with Crippen LogP contribution in [0, 0.1) is 11.8 Å². The summed E-state index contributed by atoms with van der Waals surface area (Å²) in [6.45, 7) is 6.34. The predicted octanol–water partition coefficient (Wildman–Crippen LogP) is 3.09. The number of carbonyl (C=O) groups is 3. The van der Waals surface area contributed by atoms with E-state index in [0.717, 1.165) is 25.9 Å². The van der Waals surface area contributed by atoms with Crippen LogP contribution in [0.2, 0.25) is 0 Å². The van der Waals surface area contributed by atoms with Crippen molar-refractivity contribution in [3.63, 3.8) is 0 Å². The summed E-state index contributed by atoms with van der Waals surface area (Å²) >= 11 is 0. The molecule has 3 amide bonds. The number of amides is 3. The highest BCUT2D eigenvalue weighted by molar-refractivity contribution is 6.10. The Hall–Kier alpha value is -3.59. The van der Waals surface area contributed by atoms with Crippen molar-refractivity contribution in [2.24, 2.45) is 11.8 Å².